The molecule has 0 bridgehead atoms. The topological polar surface area (TPSA) is 60.3 Å². The second-order valence-electron chi connectivity index (χ2n) is 6.91. The van der Waals surface area contributed by atoms with Gasteiger partial charge >= 0.3 is 0 Å². The molecular formula is C22H26N4O2S. The summed E-state index contributed by atoms with van der Waals surface area (Å²) in [6, 6.07) is 18.1. The zero-order chi connectivity index (χ0) is 20.8. The number of amides is 1. The minimum absolute atomic E-state index is 0.0543. The third-order valence-corrected chi connectivity index (χ3v) is 5.67. The van der Waals surface area contributed by atoms with Crippen LogP contribution in [-0.2, 0) is 17.8 Å². The van der Waals surface area contributed by atoms with Crippen molar-refractivity contribution in [3.8, 4) is 17.1 Å². The molecule has 1 heterocycles. The van der Waals surface area contributed by atoms with Crippen molar-refractivity contribution in [2.24, 2.45) is 0 Å². The number of benzene rings is 2. The molecule has 2 aromatic carbocycles. The number of thioether (sulfide) groups is 1. The van der Waals surface area contributed by atoms with Crippen molar-refractivity contribution >= 4 is 17.7 Å². The molecule has 7 heteroatoms. The Morgan fingerprint density at radius 1 is 1.10 bits per heavy atom. The Morgan fingerprint density at radius 3 is 2.41 bits per heavy atom. The largest absolute Gasteiger partial charge is 0.497 e. The Hall–Kier alpha value is -2.80. The molecule has 0 aliphatic rings. The number of aromatic nitrogens is 3. The molecule has 0 N–H and O–H groups in total. The lowest BCUT2D eigenvalue weighted by molar-refractivity contribution is -0.127. The van der Waals surface area contributed by atoms with E-state index in [1.165, 1.54) is 17.3 Å². The molecule has 0 saturated carbocycles. The summed E-state index contributed by atoms with van der Waals surface area (Å²) in [7, 11) is 5.18. The van der Waals surface area contributed by atoms with Crippen molar-refractivity contribution in [1.29, 1.82) is 0 Å². The molecular weight excluding hydrogens is 384 g/mol. The van der Waals surface area contributed by atoms with Gasteiger partial charge in [0.2, 0.25) is 5.91 Å². The van der Waals surface area contributed by atoms with Gasteiger partial charge in [0.25, 0.3) is 0 Å². The lowest BCUT2D eigenvalue weighted by Gasteiger charge is -2.17. The smallest absolute Gasteiger partial charge is 0.235 e. The van der Waals surface area contributed by atoms with Gasteiger partial charge in [0.1, 0.15) is 5.75 Å². The van der Waals surface area contributed by atoms with Crippen LogP contribution in [-0.4, -0.2) is 52.0 Å². The Balaban J connectivity index is 1.90. The number of aryl methyl sites for hydroxylation is 1. The maximum atomic E-state index is 12.3. The van der Waals surface area contributed by atoms with Crippen molar-refractivity contribution in [3.05, 3.63) is 60.2 Å². The summed E-state index contributed by atoms with van der Waals surface area (Å²) in [5, 5.41) is 9.34. The van der Waals surface area contributed by atoms with Crippen LogP contribution >= 0.6 is 11.8 Å². The SMILES string of the molecule is COc1ccc(-c2nnc(S[C@H](C)C(=O)N(C)C)n2CCc2ccccc2)cc1. The number of carbonyl (C=O) groups is 1. The van der Waals surface area contributed by atoms with Gasteiger partial charge in [-0.15, -0.1) is 10.2 Å². The average molecular weight is 411 g/mol. The molecule has 0 saturated heterocycles. The van der Waals surface area contributed by atoms with Crippen LogP contribution in [0.4, 0.5) is 0 Å². The van der Waals surface area contributed by atoms with Crippen LogP contribution in [0.5, 0.6) is 5.75 Å². The zero-order valence-corrected chi connectivity index (χ0v) is 18.0. The van der Waals surface area contributed by atoms with E-state index in [2.05, 4.69) is 26.9 Å². The monoisotopic (exact) mass is 410 g/mol. The molecule has 29 heavy (non-hydrogen) atoms. The molecule has 3 aromatic rings. The maximum absolute atomic E-state index is 12.3. The van der Waals surface area contributed by atoms with Gasteiger partial charge in [-0.2, -0.15) is 0 Å². The summed E-state index contributed by atoms with van der Waals surface area (Å²) in [5.74, 6) is 1.64. The first kappa shape index (κ1) is 20.9. The maximum Gasteiger partial charge on any atom is 0.235 e. The molecule has 6 nitrogen and oxygen atoms in total. The van der Waals surface area contributed by atoms with Gasteiger partial charge in [0.05, 0.1) is 12.4 Å². The summed E-state index contributed by atoms with van der Waals surface area (Å²) in [4.78, 5) is 13.9. The van der Waals surface area contributed by atoms with Gasteiger partial charge in [0.15, 0.2) is 11.0 Å². The first-order valence-electron chi connectivity index (χ1n) is 9.49. The highest BCUT2D eigenvalue weighted by molar-refractivity contribution is 8.00. The highest BCUT2D eigenvalue weighted by Gasteiger charge is 2.22. The van der Waals surface area contributed by atoms with Crippen LogP contribution in [0.2, 0.25) is 0 Å². The fraction of sp³-hybridized carbons (Fsp3) is 0.318. The third kappa shape index (κ3) is 5.17. The Labute approximate surface area is 175 Å². The molecule has 1 atom stereocenters. The summed E-state index contributed by atoms with van der Waals surface area (Å²) >= 11 is 1.44. The molecule has 0 fully saturated rings. The zero-order valence-electron chi connectivity index (χ0n) is 17.2. The van der Waals surface area contributed by atoms with E-state index in [9.17, 15) is 4.79 Å². The van der Waals surface area contributed by atoms with Crippen LogP contribution in [0.15, 0.2) is 59.8 Å². The van der Waals surface area contributed by atoms with Gasteiger partial charge in [-0.05, 0) is 43.2 Å². The van der Waals surface area contributed by atoms with Crippen molar-refractivity contribution in [2.45, 2.75) is 30.3 Å². The molecule has 1 aromatic heterocycles. The van der Waals surface area contributed by atoms with Crippen molar-refractivity contribution in [2.75, 3.05) is 21.2 Å². The van der Waals surface area contributed by atoms with Crippen LogP contribution < -0.4 is 4.74 Å². The number of methoxy groups -OCH3 is 1. The Morgan fingerprint density at radius 2 is 1.79 bits per heavy atom. The lowest BCUT2D eigenvalue weighted by atomic mass is 10.1. The quantitative estimate of drug-likeness (QED) is 0.529. The van der Waals surface area contributed by atoms with Crippen LogP contribution in [0.25, 0.3) is 11.4 Å². The number of hydrogen-bond acceptors (Lipinski definition) is 5. The molecule has 0 aliphatic carbocycles. The highest BCUT2D eigenvalue weighted by Crippen LogP contribution is 2.28. The summed E-state index contributed by atoms with van der Waals surface area (Å²) in [6.07, 6.45) is 0.853. The number of ether oxygens (including phenoxy) is 1. The summed E-state index contributed by atoms with van der Waals surface area (Å²) in [6.45, 7) is 2.62. The predicted octanol–water partition coefficient (Wildman–Crippen LogP) is 3.77. The van der Waals surface area contributed by atoms with Crippen molar-refractivity contribution in [1.82, 2.24) is 19.7 Å². The number of hydrogen-bond donors (Lipinski definition) is 0. The molecule has 0 unspecified atom stereocenters. The van der Waals surface area contributed by atoms with E-state index in [1.807, 2.05) is 49.4 Å². The minimum Gasteiger partial charge on any atom is -0.497 e. The third-order valence-electron chi connectivity index (χ3n) is 4.60. The molecule has 0 radical (unpaired) electrons. The molecule has 0 aliphatic heterocycles. The fourth-order valence-electron chi connectivity index (χ4n) is 2.99. The lowest BCUT2D eigenvalue weighted by Crippen LogP contribution is -2.29. The van der Waals surface area contributed by atoms with Crippen LogP contribution in [0.1, 0.15) is 12.5 Å². The van der Waals surface area contributed by atoms with Crippen molar-refractivity contribution < 1.29 is 9.53 Å². The normalized spacial score (nSPS) is 11.9. The fourth-order valence-corrected chi connectivity index (χ4v) is 4.01. The summed E-state index contributed by atoms with van der Waals surface area (Å²) in [5.41, 5.74) is 2.21. The molecule has 152 valence electrons. The van der Waals surface area contributed by atoms with Gasteiger partial charge in [0, 0.05) is 26.2 Å². The molecule has 1 amide bonds. The van der Waals surface area contributed by atoms with E-state index in [1.54, 1.807) is 26.1 Å². The van der Waals surface area contributed by atoms with Gasteiger partial charge in [-0.3, -0.25) is 4.79 Å². The van der Waals surface area contributed by atoms with Gasteiger partial charge in [-0.25, -0.2) is 0 Å². The van der Waals surface area contributed by atoms with Gasteiger partial charge < -0.3 is 14.2 Å². The Bertz CT molecular complexity index is 939. The molecule has 0 spiro atoms. The second kappa shape index (κ2) is 9.60. The van der Waals surface area contributed by atoms with E-state index in [-0.39, 0.29) is 11.2 Å². The van der Waals surface area contributed by atoms with E-state index >= 15 is 0 Å². The van der Waals surface area contributed by atoms with Gasteiger partial charge in [-0.1, -0.05) is 42.1 Å². The average Bonchev–Trinajstić information content (AvgIpc) is 3.14. The standard InChI is InChI=1S/C22H26N4O2S/c1-16(21(27)25(2)3)29-22-24-23-20(18-10-12-19(28-4)13-11-18)26(22)15-14-17-8-6-5-7-9-17/h5-13,16H,14-15H2,1-4H3/t16-/m1/s1. The first-order chi connectivity index (χ1) is 14.0. The Kier molecular flexibility index (Phi) is 6.93. The van der Waals surface area contributed by atoms with Crippen LogP contribution in [0.3, 0.4) is 0 Å². The number of carbonyl (C=O) groups excluding carboxylic acids is 1. The number of nitrogens with zero attached hydrogens (tertiary/aromatic N) is 4. The predicted molar refractivity (Wildman–Crippen MR) is 116 cm³/mol. The van der Waals surface area contributed by atoms with E-state index in [4.69, 9.17) is 4.74 Å². The van der Waals surface area contributed by atoms with Crippen molar-refractivity contribution in [3.63, 3.8) is 0 Å². The van der Waals surface area contributed by atoms with E-state index in [0.717, 1.165) is 35.3 Å². The van der Waals surface area contributed by atoms with E-state index < -0.39 is 0 Å². The minimum atomic E-state index is -0.242. The van der Waals surface area contributed by atoms with E-state index in [0.29, 0.717) is 0 Å². The first-order valence-corrected chi connectivity index (χ1v) is 10.4. The molecule has 3 rings (SSSR count). The van der Waals surface area contributed by atoms with Crippen LogP contribution in [0, 0.1) is 0 Å². The summed E-state index contributed by atoms with van der Waals surface area (Å²) < 4.78 is 7.35. The highest BCUT2D eigenvalue weighted by atomic mass is 32.2. The number of rotatable bonds is 8. The second-order valence-corrected chi connectivity index (χ2v) is 8.22.